The van der Waals surface area contributed by atoms with E-state index in [1.54, 1.807) is 0 Å². The normalized spacial score (nSPS) is 22.9. The fourth-order valence-electron chi connectivity index (χ4n) is 3.53. The predicted molar refractivity (Wildman–Crippen MR) is 82.4 cm³/mol. The van der Waals surface area contributed by atoms with Gasteiger partial charge in [0.05, 0.1) is 6.61 Å². The Morgan fingerprint density at radius 1 is 1.19 bits per heavy atom. The lowest BCUT2D eigenvalue weighted by molar-refractivity contribution is -0.135. The summed E-state index contributed by atoms with van der Waals surface area (Å²) in [6, 6.07) is 10.0. The van der Waals surface area contributed by atoms with Gasteiger partial charge in [0.25, 0.3) is 0 Å². The van der Waals surface area contributed by atoms with E-state index in [1.165, 1.54) is 25.7 Å². The lowest BCUT2D eigenvalue weighted by Gasteiger charge is -2.19. The van der Waals surface area contributed by atoms with Crippen molar-refractivity contribution in [2.45, 2.75) is 32.3 Å². The summed E-state index contributed by atoms with van der Waals surface area (Å²) in [5.41, 5.74) is 1.12. The molecule has 0 spiro atoms. The summed E-state index contributed by atoms with van der Waals surface area (Å²) in [6.45, 7) is 2.57. The second kappa shape index (κ2) is 7.08. The first-order valence-corrected chi connectivity index (χ1v) is 8.04. The molecular formula is C18H24NO2. The van der Waals surface area contributed by atoms with Crippen LogP contribution in [0.2, 0.25) is 0 Å². The predicted octanol–water partition coefficient (Wildman–Crippen LogP) is 3.06. The Morgan fingerprint density at radius 2 is 2.05 bits per heavy atom. The number of benzene rings is 1. The topological polar surface area (TPSA) is 29.5 Å². The summed E-state index contributed by atoms with van der Waals surface area (Å²) in [7, 11) is 0. The van der Waals surface area contributed by atoms with Crippen LogP contribution in [0.1, 0.15) is 31.2 Å². The van der Waals surface area contributed by atoms with Crippen LogP contribution in [-0.4, -0.2) is 30.5 Å². The van der Waals surface area contributed by atoms with E-state index in [9.17, 15) is 4.79 Å². The molecule has 1 saturated carbocycles. The van der Waals surface area contributed by atoms with Crippen molar-refractivity contribution in [1.82, 2.24) is 4.90 Å². The Bertz CT molecular complexity index is 454. The molecule has 0 N–H and O–H groups in total. The quantitative estimate of drug-likeness (QED) is 0.832. The molecule has 0 bridgehead atoms. The zero-order valence-corrected chi connectivity index (χ0v) is 12.5. The fraction of sp³-hybridized carbons (Fsp3) is 0.556. The van der Waals surface area contributed by atoms with Crippen LogP contribution in [0.4, 0.5) is 0 Å². The summed E-state index contributed by atoms with van der Waals surface area (Å²) >= 11 is 0. The van der Waals surface area contributed by atoms with Gasteiger partial charge in [-0.25, -0.2) is 0 Å². The van der Waals surface area contributed by atoms with Crippen molar-refractivity contribution in [2.75, 3.05) is 19.7 Å². The van der Waals surface area contributed by atoms with Gasteiger partial charge in [-0.15, -0.1) is 0 Å². The van der Waals surface area contributed by atoms with E-state index in [1.807, 2.05) is 35.2 Å². The van der Waals surface area contributed by atoms with Gasteiger partial charge in [-0.1, -0.05) is 30.3 Å². The third-order valence-electron chi connectivity index (χ3n) is 4.79. The molecule has 3 heteroatoms. The Hall–Kier alpha value is -1.35. The maximum Gasteiger partial charge on any atom is 0.248 e. The van der Waals surface area contributed by atoms with Crippen LogP contribution in [0.5, 0.6) is 0 Å². The van der Waals surface area contributed by atoms with Gasteiger partial charge < -0.3 is 9.64 Å². The molecule has 1 aromatic rings. The summed E-state index contributed by atoms with van der Waals surface area (Å²) < 4.78 is 5.56. The highest BCUT2D eigenvalue weighted by molar-refractivity contribution is 5.77. The van der Waals surface area contributed by atoms with Crippen molar-refractivity contribution in [3.8, 4) is 0 Å². The second-order valence-corrected chi connectivity index (χ2v) is 6.23. The summed E-state index contributed by atoms with van der Waals surface area (Å²) in [5.74, 6) is 1.67. The molecule has 1 amide bonds. The summed E-state index contributed by atoms with van der Waals surface area (Å²) in [6.07, 6.45) is 7.39. The van der Waals surface area contributed by atoms with Gasteiger partial charge in [0.1, 0.15) is 6.61 Å². The number of hydrogen-bond donors (Lipinski definition) is 0. The first-order chi connectivity index (χ1) is 10.3. The molecule has 113 valence electrons. The van der Waals surface area contributed by atoms with Crippen LogP contribution in [0, 0.1) is 18.3 Å². The average molecular weight is 286 g/mol. The molecule has 1 aromatic carbocycles. The third kappa shape index (κ3) is 3.85. The number of nitrogens with zero attached hydrogens (tertiary/aromatic N) is 1. The SMILES string of the molecule is O=C(COCc1ccccc1)N1CCC([C@H]2C[CH]CC2)C1. The number of amides is 1. The van der Waals surface area contributed by atoms with Crippen molar-refractivity contribution >= 4 is 5.91 Å². The van der Waals surface area contributed by atoms with E-state index in [4.69, 9.17) is 4.74 Å². The van der Waals surface area contributed by atoms with Crippen LogP contribution in [0.25, 0.3) is 0 Å². The average Bonchev–Trinajstić information content (AvgIpc) is 3.19. The van der Waals surface area contributed by atoms with Crippen molar-refractivity contribution in [2.24, 2.45) is 11.8 Å². The molecule has 1 saturated heterocycles. The van der Waals surface area contributed by atoms with Crippen LogP contribution in [0.15, 0.2) is 30.3 Å². The number of ether oxygens (including phenoxy) is 1. The number of likely N-dealkylation sites (tertiary alicyclic amines) is 1. The Labute approximate surface area is 127 Å². The first-order valence-electron chi connectivity index (χ1n) is 8.04. The van der Waals surface area contributed by atoms with Gasteiger partial charge in [-0.05, 0) is 49.5 Å². The highest BCUT2D eigenvalue weighted by Crippen LogP contribution is 2.35. The minimum Gasteiger partial charge on any atom is -0.367 e. The van der Waals surface area contributed by atoms with Gasteiger partial charge >= 0.3 is 0 Å². The molecule has 1 heterocycles. The van der Waals surface area contributed by atoms with E-state index >= 15 is 0 Å². The zero-order chi connectivity index (χ0) is 14.5. The fourth-order valence-corrected chi connectivity index (χ4v) is 3.53. The molecule has 21 heavy (non-hydrogen) atoms. The maximum atomic E-state index is 12.2. The molecule has 0 aromatic heterocycles. The van der Waals surface area contributed by atoms with Gasteiger partial charge in [-0.2, -0.15) is 0 Å². The van der Waals surface area contributed by atoms with E-state index in [0.717, 1.165) is 24.6 Å². The van der Waals surface area contributed by atoms with Gasteiger partial charge in [0.15, 0.2) is 0 Å². The number of carbonyl (C=O) groups is 1. The molecule has 3 nitrogen and oxygen atoms in total. The molecular weight excluding hydrogens is 262 g/mol. The highest BCUT2D eigenvalue weighted by Gasteiger charge is 2.33. The molecule has 1 unspecified atom stereocenters. The lowest BCUT2D eigenvalue weighted by Crippen LogP contribution is -2.32. The van der Waals surface area contributed by atoms with Crippen LogP contribution in [-0.2, 0) is 16.1 Å². The molecule has 3 rings (SSSR count). The first kappa shape index (κ1) is 14.6. The lowest BCUT2D eigenvalue weighted by atomic mass is 9.90. The van der Waals surface area contributed by atoms with E-state index < -0.39 is 0 Å². The monoisotopic (exact) mass is 286 g/mol. The van der Waals surface area contributed by atoms with Crippen LogP contribution >= 0.6 is 0 Å². The Balaban J connectivity index is 1.40. The van der Waals surface area contributed by atoms with E-state index in [2.05, 4.69) is 6.42 Å². The molecule has 2 fully saturated rings. The minimum atomic E-state index is 0.149. The number of carbonyl (C=O) groups excluding carboxylic acids is 1. The van der Waals surface area contributed by atoms with Crippen molar-refractivity contribution in [1.29, 1.82) is 0 Å². The second-order valence-electron chi connectivity index (χ2n) is 6.23. The van der Waals surface area contributed by atoms with E-state index in [-0.39, 0.29) is 12.5 Å². The zero-order valence-electron chi connectivity index (χ0n) is 12.5. The summed E-state index contributed by atoms with van der Waals surface area (Å²) in [5, 5.41) is 0. The molecule has 1 radical (unpaired) electrons. The standard InChI is InChI=1S/C18H24NO2/c20-18(14-21-13-15-6-2-1-3-7-15)19-11-10-17(12-19)16-8-4-5-9-16/h1-4,6-7,16-17H,5,8-14H2/t16-,17?/m0/s1. The maximum absolute atomic E-state index is 12.2. The number of rotatable bonds is 5. The smallest absolute Gasteiger partial charge is 0.248 e. The largest absolute Gasteiger partial charge is 0.367 e. The van der Waals surface area contributed by atoms with Gasteiger partial charge in [-0.3, -0.25) is 4.79 Å². The minimum absolute atomic E-state index is 0.149. The molecule has 1 aliphatic heterocycles. The van der Waals surface area contributed by atoms with Crippen molar-refractivity contribution < 1.29 is 9.53 Å². The Kier molecular flexibility index (Phi) is 4.91. The van der Waals surface area contributed by atoms with Crippen LogP contribution in [0.3, 0.4) is 0 Å². The van der Waals surface area contributed by atoms with Gasteiger partial charge in [0, 0.05) is 13.1 Å². The van der Waals surface area contributed by atoms with Crippen molar-refractivity contribution in [3.63, 3.8) is 0 Å². The van der Waals surface area contributed by atoms with Crippen molar-refractivity contribution in [3.05, 3.63) is 42.3 Å². The number of hydrogen-bond acceptors (Lipinski definition) is 2. The molecule has 1 aliphatic carbocycles. The van der Waals surface area contributed by atoms with E-state index in [0.29, 0.717) is 12.5 Å². The van der Waals surface area contributed by atoms with Crippen LogP contribution < -0.4 is 0 Å². The molecule has 2 aliphatic rings. The molecule has 2 atom stereocenters. The summed E-state index contributed by atoms with van der Waals surface area (Å²) in [4.78, 5) is 14.2. The van der Waals surface area contributed by atoms with Gasteiger partial charge in [0.2, 0.25) is 5.91 Å². The highest BCUT2D eigenvalue weighted by atomic mass is 16.5. The Morgan fingerprint density at radius 3 is 2.81 bits per heavy atom. The third-order valence-corrected chi connectivity index (χ3v) is 4.79.